The van der Waals surface area contributed by atoms with Crippen molar-refractivity contribution < 1.29 is 19.1 Å². The Morgan fingerprint density at radius 2 is 1.86 bits per heavy atom. The van der Waals surface area contributed by atoms with Crippen LogP contribution >= 0.6 is 15.9 Å². The summed E-state index contributed by atoms with van der Waals surface area (Å²) in [4.78, 5) is 35.3. The van der Waals surface area contributed by atoms with E-state index in [0.29, 0.717) is 40.7 Å². The Labute approximate surface area is 211 Å². The molecule has 35 heavy (non-hydrogen) atoms. The molecule has 2 amide bonds. The SMILES string of the molecule is COc1cc(NC(=O)c2ccc(C3=NCC(C)N3)cc2)c(N(C=O)c2ccc(Br)cn2)cc1OC. The van der Waals surface area contributed by atoms with Gasteiger partial charge in [0.1, 0.15) is 11.7 Å². The van der Waals surface area contributed by atoms with Gasteiger partial charge in [-0.05, 0) is 47.1 Å². The minimum absolute atomic E-state index is 0.289. The zero-order chi connectivity index (χ0) is 24.9. The van der Waals surface area contributed by atoms with Crippen LogP contribution in [0.5, 0.6) is 11.5 Å². The number of methoxy groups -OCH3 is 2. The van der Waals surface area contributed by atoms with Crippen LogP contribution in [0.3, 0.4) is 0 Å². The van der Waals surface area contributed by atoms with Crippen molar-refractivity contribution in [3.8, 4) is 11.5 Å². The monoisotopic (exact) mass is 537 g/mol. The highest BCUT2D eigenvalue weighted by Gasteiger charge is 2.21. The van der Waals surface area contributed by atoms with Gasteiger partial charge in [-0.1, -0.05) is 12.1 Å². The summed E-state index contributed by atoms with van der Waals surface area (Å²) in [6.45, 7) is 2.78. The standard InChI is InChI=1S/C25H24BrN5O4/c1-15-12-28-24(29-15)16-4-6-17(7-5-16)25(33)30-19-10-21(34-2)22(35-3)11-20(19)31(14-32)23-9-8-18(26)13-27-23/h4-11,13-15H,12H2,1-3H3,(H,28,29)(H,30,33). The van der Waals surface area contributed by atoms with Crippen molar-refractivity contribution in [3.63, 3.8) is 0 Å². The lowest BCUT2D eigenvalue weighted by Crippen LogP contribution is -2.27. The van der Waals surface area contributed by atoms with Gasteiger partial charge in [-0.2, -0.15) is 0 Å². The van der Waals surface area contributed by atoms with Gasteiger partial charge in [0.25, 0.3) is 5.91 Å². The molecular weight excluding hydrogens is 514 g/mol. The fourth-order valence-corrected chi connectivity index (χ4v) is 3.85. The zero-order valence-electron chi connectivity index (χ0n) is 19.4. The number of halogens is 1. The van der Waals surface area contributed by atoms with Crippen molar-refractivity contribution >= 4 is 51.3 Å². The molecule has 0 radical (unpaired) electrons. The number of carbonyl (C=O) groups excluding carboxylic acids is 2. The largest absolute Gasteiger partial charge is 0.493 e. The van der Waals surface area contributed by atoms with Gasteiger partial charge in [0.05, 0.1) is 32.1 Å². The number of amidine groups is 1. The van der Waals surface area contributed by atoms with Gasteiger partial charge in [-0.3, -0.25) is 19.5 Å². The van der Waals surface area contributed by atoms with Crippen molar-refractivity contribution in [2.45, 2.75) is 13.0 Å². The van der Waals surface area contributed by atoms with E-state index in [0.717, 1.165) is 22.4 Å². The molecule has 0 aliphatic carbocycles. The molecule has 2 N–H and O–H groups in total. The molecule has 3 aromatic rings. The first-order valence-electron chi connectivity index (χ1n) is 10.8. The van der Waals surface area contributed by atoms with E-state index in [-0.39, 0.29) is 11.9 Å². The van der Waals surface area contributed by atoms with Crippen LogP contribution in [0.15, 0.2) is 64.2 Å². The Morgan fingerprint density at radius 1 is 1.14 bits per heavy atom. The van der Waals surface area contributed by atoms with Gasteiger partial charge in [0.2, 0.25) is 6.41 Å². The van der Waals surface area contributed by atoms with Crippen LogP contribution in [-0.2, 0) is 4.79 Å². The molecular formula is C25H24BrN5O4. The van der Waals surface area contributed by atoms with Crippen LogP contribution in [0.25, 0.3) is 0 Å². The number of benzene rings is 2. The fraction of sp³-hybridized carbons (Fsp3) is 0.200. The molecule has 4 rings (SSSR count). The van der Waals surface area contributed by atoms with Gasteiger partial charge in [-0.25, -0.2) is 4.98 Å². The highest BCUT2D eigenvalue weighted by atomic mass is 79.9. The lowest BCUT2D eigenvalue weighted by Gasteiger charge is -2.22. The lowest BCUT2D eigenvalue weighted by atomic mass is 10.1. The van der Waals surface area contributed by atoms with E-state index in [4.69, 9.17) is 9.47 Å². The number of aliphatic imine (C=N–C) groups is 1. The molecule has 0 fully saturated rings. The van der Waals surface area contributed by atoms with Gasteiger partial charge >= 0.3 is 0 Å². The molecule has 0 saturated heterocycles. The maximum atomic E-state index is 13.1. The second-order valence-corrected chi connectivity index (χ2v) is 8.72. The Kier molecular flexibility index (Phi) is 7.31. The third kappa shape index (κ3) is 5.27. The van der Waals surface area contributed by atoms with Crippen molar-refractivity contribution in [1.29, 1.82) is 0 Å². The normalized spacial score (nSPS) is 14.5. The maximum absolute atomic E-state index is 13.1. The van der Waals surface area contributed by atoms with E-state index in [2.05, 4.69) is 43.5 Å². The Bertz CT molecular complexity index is 1260. The van der Waals surface area contributed by atoms with Crippen molar-refractivity contribution in [1.82, 2.24) is 10.3 Å². The summed E-state index contributed by atoms with van der Waals surface area (Å²) in [6, 6.07) is 14.1. The van der Waals surface area contributed by atoms with Crippen molar-refractivity contribution in [2.24, 2.45) is 4.99 Å². The lowest BCUT2D eigenvalue weighted by molar-refractivity contribution is -0.106. The van der Waals surface area contributed by atoms with Crippen LogP contribution in [-0.4, -0.2) is 49.9 Å². The molecule has 1 aromatic heterocycles. The number of rotatable bonds is 8. The molecule has 10 heteroatoms. The Balaban J connectivity index is 1.67. The molecule has 1 aliphatic heterocycles. The smallest absolute Gasteiger partial charge is 0.255 e. The maximum Gasteiger partial charge on any atom is 0.255 e. The summed E-state index contributed by atoms with van der Waals surface area (Å²) in [6.07, 6.45) is 2.20. The summed E-state index contributed by atoms with van der Waals surface area (Å²) >= 11 is 3.34. The number of amides is 2. The summed E-state index contributed by atoms with van der Waals surface area (Å²) in [5.41, 5.74) is 2.08. The number of carbonyl (C=O) groups is 2. The average Bonchev–Trinajstić information content (AvgIpc) is 3.32. The number of nitrogens with one attached hydrogen (secondary N) is 2. The van der Waals surface area contributed by atoms with E-state index in [1.165, 1.54) is 19.1 Å². The van der Waals surface area contributed by atoms with Crippen LogP contribution in [0, 0.1) is 0 Å². The predicted molar refractivity (Wildman–Crippen MR) is 138 cm³/mol. The topological polar surface area (TPSA) is 105 Å². The van der Waals surface area contributed by atoms with Gasteiger partial charge in [0, 0.05) is 40.0 Å². The Hall–Kier alpha value is -3.92. The number of nitrogens with zero attached hydrogens (tertiary/aromatic N) is 3. The third-order valence-corrected chi connectivity index (χ3v) is 5.87. The van der Waals surface area contributed by atoms with E-state index in [1.54, 1.807) is 42.6 Å². The molecule has 0 saturated carbocycles. The number of pyridine rings is 1. The quantitative estimate of drug-likeness (QED) is 0.418. The average molecular weight is 538 g/mol. The van der Waals surface area contributed by atoms with E-state index in [1.807, 2.05) is 12.1 Å². The van der Waals surface area contributed by atoms with E-state index < -0.39 is 0 Å². The highest BCUT2D eigenvalue weighted by Crippen LogP contribution is 2.40. The van der Waals surface area contributed by atoms with Gasteiger partial charge < -0.3 is 20.1 Å². The summed E-state index contributed by atoms with van der Waals surface area (Å²) in [5, 5.41) is 6.19. The second kappa shape index (κ2) is 10.6. The van der Waals surface area contributed by atoms with Crippen LogP contribution in [0.4, 0.5) is 17.2 Å². The number of hydrogen-bond acceptors (Lipinski definition) is 7. The number of anilines is 3. The third-order valence-electron chi connectivity index (χ3n) is 5.40. The summed E-state index contributed by atoms with van der Waals surface area (Å²) < 4.78 is 11.6. The number of hydrogen-bond donors (Lipinski definition) is 2. The highest BCUT2D eigenvalue weighted by molar-refractivity contribution is 9.10. The molecule has 0 spiro atoms. The van der Waals surface area contributed by atoms with Crippen molar-refractivity contribution in [2.75, 3.05) is 31.0 Å². The Morgan fingerprint density at radius 3 is 2.43 bits per heavy atom. The predicted octanol–water partition coefficient (Wildman–Crippen LogP) is 4.15. The fourth-order valence-electron chi connectivity index (χ4n) is 3.61. The first kappa shape index (κ1) is 24.2. The van der Waals surface area contributed by atoms with Gasteiger partial charge in [0.15, 0.2) is 11.5 Å². The molecule has 180 valence electrons. The van der Waals surface area contributed by atoms with E-state index in [9.17, 15) is 9.59 Å². The first-order chi connectivity index (χ1) is 16.9. The van der Waals surface area contributed by atoms with Crippen LogP contribution < -0.4 is 25.0 Å². The molecule has 1 aliphatic rings. The second-order valence-electron chi connectivity index (χ2n) is 7.80. The molecule has 1 atom stereocenters. The summed E-state index contributed by atoms with van der Waals surface area (Å²) in [5.74, 6) is 1.63. The van der Waals surface area contributed by atoms with Crippen LogP contribution in [0.2, 0.25) is 0 Å². The number of ether oxygens (including phenoxy) is 2. The van der Waals surface area contributed by atoms with Gasteiger partial charge in [-0.15, -0.1) is 0 Å². The molecule has 0 bridgehead atoms. The van der Waals surface area contributed by atoms with Crippen molar-refractivity contribution in [3.05, 3.63) is 70.3 Å². The van der Waals surface area contributed by atoms with E-state index >= 15 is 0 Å². The minimum atomic E-state index is -0.352. The first-order valence-corrected chi connectivity index (χ1v) is 11.6. The molecule has 1 unspecified atom stereocenters. The summed E-state index contributed by atoms with van der Waals surface area (Å²) in [7, 11) is 2.99. The zero-order valence-corrected chi connectivity index (χ0v) is 21.0. The number of aromatic nitrogens is 1. The minimum Gasteiger partial charge on any atom is -0.493 e. The molecule has 9 nitrogen and oxygen atoms in total. The molecule has 2 heterocycles. The van der Waals surface area contributed by atoms with Crippen LogP contribution in [0.1, 0.15) is 22.8 Å². The molecule has 2 aromatic carbocycles.